The molecule has 0 radical (unpaired) electrons. The second kappa shape index (κ2) is 5.09. The minimum atomic E-state index is -0.379. The van der Waals surface area contributed by atoms with Gasteiger partial charge in [0.05, 0.1) is 17.6 Å². The number of primary amides is 1. The summed E-state index contributed by atoms with van der Waals surface area (Å²) in [6, 6.07) is 3.79. The topological polar surface area (TPSA) is 79.8 Å². The average molecular weight is 274 g/mol. The lowest BCUT2D eigenvalue weighted by molar-refractivity contribution is -0.117. The molecular weight excluding hydrogens is 256 g/mol. The fourth-order valence-corrected chi connectivity index (χ4v) is 2.42. The van der Waals surface area contributed by atoms with Crippen LogP contribution in [0.15, 0.2) is 18.3 Å². The van der Waals surface area contributed by atoms with Gasteiger partial charge in [-0.15, -0.1) is 5.10 Å². The normalized spacial score (nSPS) is 16.8. The first-order valence-electron chi connectivity index (χ1n) is 6.69. The molecule has 0 atom stereocenters. The van der Waals surface area contributed by atoms with Gasteiger partial charge in [-0.3, -0.25) is 4.79 Å². The number of aromatic nitrogens is 3. The van der Waals surface area contributed by atoms with E-state index < -0.39 is 0 Å². The number of hydrogen-bond acceptors (Lipinski definition) is 5. The second-order valence-electron chi connectivity index (χ2n) is 5.13. The van der Waals surface area contributed by atoms with Gasteiger partial charge >= 0.3 is 0 Å². The summed E-state index contributed by atoms with van der Waals surface area (Å²) in [6.45, 7) is 3.75. The zero-order chi connectivity index (χ0) is 14.1. The lowest BCUT2D eigenvalue weighted by Crippen LogP contribution is -2.45. The molecule has 2 aromatic rings. The van der Waals surface area contributed by atoms with E-state index in [1.807, 2.05) is 18.3 Å². The third kappa shape index (κ3) is 2.44. The van der Waals surface area contributed by atoms with E-state index in [0.717, 1.165) is 31.7 Å². The largest absolute Gasteiger partial charge is 0.369 e. The number of anilines is 1. The first-order chi connectivity index (χ1) is 9.63. The maximum absolute atomic E-state index is 11.2. The maximum Gasteiger partial charge on any atom is 0.243 e. The van der Waals surface area contributed by atoms with E-state index >= 15 is 0 Å². The van der Waals surface area contributed by atoms with Crippen LogP contribution in [0.3, 0.4) is 0 Å². The Labute approximate surface area is 117 Å². The summed E-state index contributed by atoms with van der Waals surface area (Å²) in [4.78, 5) is 20.1. The zero-order valence-electron chi connectivity index (χ0n) is 11.5. The quantitative estimate of drug-likeness (QED) is 0.817. The molecule has 1 fully saturated rings. The summed E-state index contributed by atoms with van der Waals surface area (Å²) in [5.74, 6) is 0.286. The van der Waals surface area contributed by atoms with E-state index in [2.05, 4.69) is 26.9 Å². The van der Waals surface area contributed by atoms with Crippen LogP contribution in [0, 0.1) is 0 Å². The Bertz CT molecular complexity index is 629. The Morgan fingerprint density at radius 1 is 1.35 bits per heavy atom. The Morgan fingerprint density at radius 2 is 2.10 bits per heavy atom. The van der Waals surface area contributed by atoms with Gasteiger partial charge in [0.25, 0.3) is 0 Å². The van der Waals surface area contributed by atoms with Gasteiger partial charge in [-0.1, -0.05) is 0 Å². The molecule has 1 amide bonds. The summed E-state index contributed by atoms with van der Waals surface area (Å²) >= 11 is 0. The van der Waals surface area contributed by atoms with Crippen molar-refractivity contribution in [3.05, 3.63) is 24.0 Å². The lowest BCUT2D eigenvalue weighted by Gasteiger charge is -2.32. The number of fused-ring (bicyclic) bond motifs is 1. The van der Waals surface area contributed by atoms with Gasteiger partial charge in [-0.2, -0.15) is 0 Å². The molecule has 0 unspecified atom stereocenters. The van der Waals surface area contributed by atoms with E-state index in [1.165, 1.54) is 0 Å². The third-order valence-corrected chi connectivity index (χ3v) is 3.58. The highest BCUT2D eigenvalue weighted by Crippen LogP contribution is 2.15. The molecule has 3 heterocycles. The average Bonchev–Trinajstić information content (AvgIpc) is 2.87. The molecule has 2 N–H and O–H groups in total. The molecule has 0 spiro atoms. The molecule has 0 bridgehead atoms. The molecule has 3 rings (SSSR count). The van der Waals surface area contributed by atoms with Crippen molar-refractivity contribution >= 4 is 17.4 Å². The second-order valence-corrected chi connectivity index (χ2v) is 5.13. The maximum atomic E-state index is 11.2. The molecule has 106 valence electrons. The van der Waals surface area contributed by atoms with Crippen LogP contribution in [0.4, 0.5) is 5.95 Å². The predicted molar refractivity (Wildman–Crippen MR) is 75.6 cm³/mol. The summed E-state index contributed by atoms with van der Waals surface area (Å²) in [5.41, 5.74) is 6.82. The van der Waals surface area contributed by atoms with E-state index in [9.17, 15) is 4.79 Å². The fraction of sp³-hybridized carbons (Fsp3) is 0.462. The molecule has 0 saturated carbocycles. The lowest BCUT2D eigenvalue weighted by atomic mass is 10.2. The highest BCUT2D eigenvalue weighted by molar-refractivity contribution is 5.78. The van der Waals surface area contributed by atoms with Gasteiger partial charge in [0.1, 0.15) is 0 Å². The molecular formula is C13H18N6O. The van der Waals surface area contributed by atoms with Crippen molar-refractivity contribution < 1.29 is 4.79 Å². The third-order valence-electron chi connectivity index (χ3n) is 3.58. The molecule has 1 saturated heterocycles. The molecule has 7 heteroatoms. The minimum absolute atomic E-state index is 0.136. The van der Waals surface area contributed by atoms with Crippen LogP contribution >= 0.6 is 0 Å². The smallest absolute Gasteiger partial charge is 0.243 e. The van der Waals surface area contributed by atoms with E-state index in [1.54, 1.807) is 4.52 Å². The number of nitrogens with zero attached hydrogens (tertiary/aromatic N) is 5. The van der Waals surface area contributed by atoms with E-state index in [4.69, 9.17) is 5.73 Å². The first kappa shape index (κ1) is 12.9. The van der Waals surface area contributed by atoms with Gasteiger partial charge < -0.3 is 15.5 Å². The van der Waals surface area contributed by atoms with Crippen molar-refractivity contribution in [1.29, 1.82) is 0 Å². The van der Waals surface area contributed by atoms with Crippen molar-refractivity contribution in [2.24, 2.45) is 5.73 Å². The van der Waals surface area contributed by atoms with Gasteiger partial charge in [-0.05, 0) is 19.2 Å². The number of carbonyl (C=O) groups excluding carboxylic acids is 1. The summed E-state index contributed by atoms with van der Waals surface area (Å²) in [7, 11) is 2.10. The van der Waals surface area contributed by atoms with Crippen LogP contribution in [0.25, 0.3) is 5.52 Å². The number of amides is 1. The van der Waals surface area contributed by atoms with Crippen molar-refractivity contribution in [3.8, 4) is 0 Å². The molecule has 20 heavy (non-hydrogen) atoms. The van der Waals surface area contributed by atoms with Gasteiger partial charge in [-0.25, -0.2) is 9.50 Å². The first-order valence-corrected chi connectivity index (χ1v) is 6.69. The highest BCUT2D eigenvalue weighted by atomic mass is 16.1. The van der Waals surface area contributed by atoms with Crippen molar-refractivity contribution in [3.63, 3.8) is 0 Å². The fourth-order valence-electron chi connectivity index (χ4n) is 2.42. The monoisotopic (exact) mass is 274 g/mol. The molecule has 2 aromatic heterocycles. The molecule has 1 aliphatic heterocycles. The standard InChI is InChI=1S/C13H18N6O/c1-17-5-7-18(8-6-17)13-15-10(9-12(14)20)11-3-2-4-19(11)16-13/h2-4H,5-9H2,1H3,(H2,14,20). The molecule has 7 nitrogen and oxygen atoms in total. The Hall–Kier alpha value is -2.15. The SMILES string of the molecule is CN1CCN(c2nc(CC(N)=O)c3cccn3n2)CC1. The predicted octanol–water partition coefficient (Wildman–Crippen LogP) is -0.491. The number of nitrogens with two attached hydrogens (primary N) is 1. The highest BCUT2D eigenvalue weighted by Gasteiger charge is 2.19. The van der Waals surface area contributed by atoms with Gasteiger partial charge in [0.2, 0.25) is 11.9 Å². The van der Waals surface area contributed by atoms with Crippen LogP contribution in [-0.4, -0.2) is 58.6 Å². The van der Waals surface area contributed by atoms with E-state index in [0.29, 0.717) is 11.6 Å². The zero-order valence-corrected chi connectivity index (χ0v) is 11.5. The van der Waals surface area contributed by atoms with Crippen LogP contribution < -0.4 is 10.6 Å². The van der Waals surface area contributed by atoms with Gasteiger partial charge in [0, 0.05) is 32.4 Å². The number of hydrogen-bond donors (Lipinski definition) is 1. The Morgan fingerprint density at radius 3 is 2.80 bits per heavy atom. The van der Waals surface area contributed by atoms with Crippen molar-refractivity contribution in [2.45, 2.75) is 6.42 Å². The van der Waals surface area contributed by atoms with Gasteiger partial charge in [0.15, 0.2) is 0 Å². The minimum Gasteiger partial charge on any atom is -0.369 e. The number of rotatable bonds is 3. The summed E-state index contributed by atoms with van der Waals surface area (Å²) in [5, 5.41) is 4.51. The summed E-state index contributed by atoms with van der Waals surface area (Å²) in [6.07, 6.45) is 2.00. The number of piperazine rings is 1. The van der Waals surface area contributed by atoms with Crippen molar-refractivity contribution in [1.82, 2.24) is 19.5 Å². The van der Waals surface area contributed by atoms with E-state index in [-0.39, 0.29) is 12.3 Å². The molecule has 1 aliphatic rings. The molecule has 0 aliphatic carbocycles. The van der Waals surface area contributed by atoms with Crippen LogP contribution in [0.5, 0.6) is 0 Å². The summed E-state index contributed by atoms with van der Waals surface area (Å²) < 4.78 is 1.76. The van der Waals surface area contributed by atoms with Crippen LogP contribution in [-0.2, 0) is 11.2 Å². The Kier molecular flexibility index (Phi) is 3.27. The Balaban J connectivity index is 1.96. The molecule has 0 aromatic carbocycles. The number of carbonyl (C=O) groups is 1. The number of likely N-dealkylation sites (N-methyl/N-ethyl adjacent to an activating group) is 1. The van der Waals surface area contributed by atoms with Crippen molar-refractivity contribution in [2.75, 3.05) is 38.1 Å². The van der Waals surface area contributed by atoms with Crippen LogP contribution in [0.2, 0.25) is 0 Å². The van der Waals surface area contributed by atoms with Crippen LogP contribution in [0.1, 0.15) is 5.69 Å².